The van der Waals surface area contributed by atoms with Crippen molar-refractivity contribution in [2.24, 2.45) is 81.3 Å². The van der Waals surface area contributed by atoms with Gasteiger partial charge in [-0.1, -0.05) is 140 Å². The Balaban J connectivity index is 0.000000206. The zero-order chi connectivity index (χ0) is 96.1. The van der Waals surface area contributed by atoms with Crippen molar-refractivity contribution < 1.29 is 168 Å². The molecule has 20 atom stereocenters. The maximum Gasteiger partial charge on any atom is 0.387 e. The number of phenolic OH excluding ortho intramolecular Hbond substituents is 1. The number of hydrogen-bond donors (Lipinski definition) is 1. The molecule has 1 N–H and O–H groups in total. The van der Waals surface area contributed by atoms with Crippen LogP contribution in [0.4, 0.5) is 26.3 Å². The van der Waals surface area contributed by atoms with Crippen LogP contribution in [0.3, 0.4) is 0 Å². The molecule has 3 aromatic carbocycles. The number of carbonyl (C=O) groups excluding carboxylic acids is 9. The first-order chi connectivity index (χ1) is 63.0. The van der Waals surface area contributed by atoms with Crippen molar-refractivity contribution in [3.05, 3.63) is 71.7 Å². The molecule has 16 rings (SSSR count). The van der Waals surface area contributed by atoms with Gasteiger partial charge in [0.15, 0.2) is 0 Å². The summed E-state index contributed by atoms with van der Waals surface area (Å²) in [6.45, 7) is 19.4. The summed E-state index contributed by atoms with van der Waals surface area (Å²) in [7, 11) is 0. The summed E-state index contributed by atoms with van der Waals surface area (Å²) in [5, 5.41) is 10.0. The minimum atomic E-state index is -2.98. The number of amides is 3. The van der Waals surface area contributed by atoms with E-state index in [0.29, 0.717) is 93.3 Å². The molecule has 36 heteroatoms. The first kappa shape index (κ1) is 110. The third-order valence-corrected chi connectivity index (χ3v) is 29.4. The van der Waals surface area contributed by atoms with Crippen LogP contribution in [-0.2, 0) is 132 Å². The second-order valence-electron chi connectivity index (χ2n) is 41.8. The Kier molecular flexibility index (Phi) is 37.4. The van der Waals surface area contributed by atoms with E-state index in [0.717, 1.165) is 115 Å². The predicted molar refractivity (Wildman–Crippen MR) is 478 cm³/mol. The molecule has 27 nitrogen and oxygen atoms in total. The Morgan fingerprint density at radius 1 is 0.441 bits per heavy atom. The molecule has 10 aliphatic rings. The van der Waals surface area contributed by atoms with Gasteiger partial charge >= 0.3 is 31.1 Å². The van der Waals surface area contributed by atoms with Gasteiger partial charge in [-0.3, -0.25) is 28.8 Å². The largest absolute Gasteiger partial charge is 0.540 e. The van der Waals surface area contributed by atoms with Crippen LogP contribution in [0, 0.1) is 81.3 Å². The number of alkyl halides is 6. The standard InChI is InChI=1S/C34H42F2N3O6.C34H44F2N3O6.C31H40N3O6.CH2F2.3V/c1-18-27(17-40)39-16-29(18)45-31-25(37-24-11-10-20(43-33(35)36)14-26(24)38-31)9-7-5-6-8-21-22-12-19(22)13-28(21)44-30(41)15-23(32(39)42)34(2,3)4;1-20-27(19-40)39-18-28(20)44-30-25(37-24-14-13-22(43-32(35)36)16-26(24)38-30)12-8-6-7-10-21-11-9-15-34(21,5)45-29(41)17-23(31(39)42)33(2,3)4;1-18-25(17-35)34-16-26(18)39-28-23(32-22-12-11-20(36)13-24(22)33-28)10-8-6-7-9-19-15-31(19,5)40-27(37)14-21(29(34)38)30(2,3)4;2-1-3;;;/h10-11,14,18-19,21-23,27-29,33H,5-9,12-13,15-16H2,1-4H3;13-14,16,20-21,23,27-28,32H,6-12,15,17-18H2,1-5H3;11-13,18-19,21,25-26,36H,6-10,14-16H2,1-5H3;1H2;;;/q3*-1;;;;/t18-,19?,21+,22?,23+,27+,28+,29-;20-,21+,23+,27+,28-,34+;18-,19+,21+,25+,26-,31+;;;;/m000..../s1. The molecule has 3 amide bonds. The smallest absolute Gasteiger partial charge is 0.387 e. The van der Waals surface area contributed by atoms with Gasteiger partial charge in [0.25, 0.3) is 0 Å². The van der Waals surface area contributed by atoms with E-state index < -0.39 is 120 Å². The van der Waals surface area contributed by atoms with Gasteiger partial charge in [0.1, 0.15) is 69.9 Å². The van der Waals surface area contributed by atoms with Crippen LogP contribution in [0.15, 0.2) is 54.6 Å². The van der Waals surface area contributed by atoms with E-state index in [1.54, 1.807) is 30.3 Å². The average Bonchev–Trinajstić information content (AvgIpc) is 1.62. The number of benzene rings is 3. The summed E-state index contributed by atoms with van der Waals surface area (Å²) < 4.78 is 118. The predicted octanol–water partition coefficient (Wildman–Crippen LogP) is 17.3. The van der Waals surface area contributed by atoms with Crippen LogP contribution in [0.1, 0.15) is 249 Å². The molecule has 2 unspecified atom stereocenters. The van der Waals surface area contributed by atoms with Crippen LogP contribution < -0.4 is 23.7 Å². The summed E-state index contributed by atoms with van der Waals surface area (Å²) in [5.74, 6) is -2.36. The first-order valence-corrected chi connectivity index (χ1v) is 47.3. The number of phenols is 1. The number of esters is 3. The third kappa shape index (κ3) is 26.3. The van der Waals surface area contributed by atoms with E-state index in [4.69, 9.17) is 48.4 Å². The molecule has 0 spiro atoms. The fourth-order valence-electron chi connectivity index (χ4n) is 21.1. The Morgan fingerprint density at radius 2 is 0.801 bits per heavy atom. The second kappa shape index (κ2) is 46.4. The maximum absolute atomic E-state index is 14.1. The van der Waals surface area contributed by atoms with Crippen molar-refractivity contribution in [2.45, 2.75) is 318 Å². The number of carbonyl (C=O) groups is 6. The van der Waals surface area contributed by atoms with Crippen LogP contribution in [0.25, 0.3) is 33.1 Å². The SMILES string of the molecule is C[C@@H]1[C@@H]2CN(C(=O)[C@H](C(C)(C)C)CC(=O)O[C@@H]3CC4CC4[C@H]3CCCCCc3nc4ccc(OC(F)F)cc4nc3O2)[C@@H]1[C-]=O.C[C@@H]1[C@@H]2CN(C(=O)[C@H](C(C)(C)C)CC(=O)O[C@]3(C)CCC[C@H]3CCCCCc3nc4ccc(OC(F)F)cc4nc3O2)[C@@H]1[C-]=O.C[C@@H]1[C@@H]2CN(C(=O)[C@H](C(C)(C)C)CC(=O)O[C@]3(C)C[C@H]3CCCCCc3nc4ccc(O)cc4nc3O2)[C@@H]1[C-]=O.FCF.[V].[V].[V]. The van der Waals surface area contributed by atoms with E-state index in [1.807, 2.05) is 110 Å². The van der Waals surface area contributed by atoms with E-state index in [1.165, 1.54) is 45.4 Å². The molecular weight excluding hydrogens is 1880 g/mol. The number of aryl methyl sites for hydroxylation is 3. The topological polar surface area (TPSA) is 335 Å². The molecule has 6 aliphatic heterocycles. The van der Waals surface area contributed by atoms with Gasteiger partial charge < -0.3 is 72.1 Å². The number of fused-ring (bicyclic) bond motifs is 17. The molecule has 4 saturated carbocycles. The molecule has 9 heterocycles. The molecule has 3 aromatic heterocycles. The molecule has 3 saturated heterocycles. The number of aromatic hydroxyl groups is 1. The van der Waals surface area contributed by atoms with E-state index in [2.05, 4.69) is 25.7 Å². The molecule has 3 radical (unpaired) electrons. The minimum absolute atomic E-state index is 0. The summed E-state index contributed by atoms with van der Waals surface area (Å²) in [4.78, 5) is 152. The number of hydrogen-bond acceptors (Lipinski definition) is 24. The van der Waals surface area contributed by atoms with Gasteiger partial charge in [-0.2, -0.15) is 17.6 Å². The number of rotatable bonds is 7. The fourth-order valence-corrected chi connectivity index (χ4v) is 21.1. The van der Waals surface area contributed by atoms with Crippen molar-refractivity contribution >= 4 is 87.6 Å². The molecular formula is C100H128F6N9O18V3-3. The van der Waals surface area contributed by atoms with Crippen LogP contribution >= 0.6 is 0 Å². The van der Waals surface area contributed by atoms with Crippen LogP contribution in [0.2, 0.25) is 0 Å². The van der Waals surface area contributed by atoms with Gasteiger partial charge in [0, 0.05) is 79.8 Å². The average molecular weight is 2010 g/mol. The van der Waals surface area contributed by atoms with Crippen molar-refractivity contribution in [2.75, 3.05) is 26.6 Å². The third-order valence-electron chi connectivity index (χ3n) is 29.4. The van der Waals surface area contributed by atoms with Crippen molar-refractivity contribution in [1.29, 1.82) is 0 Å². The van der Waals surface area contributed by atoms with Crippen molar-refractivity contribution in [1.82, 2.24) is 44.6 Å². The molecule has 7 fully saturated rings. The van der Waals surface area contributed by atoms with E-state index in [-0.39, 0.29) is 171 Å². The normalized spacial score (nSPS) is 30.3. The fraction of sp³-hybridized carbons (Fsp3) is 0.670. The Morgan fingerprint density at radius 3 is 1.19 bits per heavy atom. The number of nitrogens with zero attached hydrogens (tertiary/aromatic N) is 9. The van der Waals surface area contributed by atoms with E-state index in [9.17, 15) is 74.6 Å². The summed E-state index contributed by atoms with van der Waals surface area (Å²) in [6.07, 6.45) is 22.8. The quantitative estimate of drug-likeness (QED) is 0.0671. The summed E-state index contributed by atoms with van der Waals surface area (Å²) in [5.41, 5.74) is 2.15. The van der Waals surface area contributed by atoms with Gasteiger partial charge in [-0.05, 0) is 204 Å². The van der Waals surface area contributed by atoms with E-state index >= 15 is 0 Å². The van der Waals surface area contributed by atoms with Crippen molar-refractivity contribution in [3.63, 3.8) is 0 Å². The number of halogens is 6. The Hall–Kier alpha value is -8.36. The van der Waals surface area contributed by atoms with Gasteiger partial charge in [0.05, 0.1) is 89.8 Å². The van der Waals surface area contributed by atoms with Crippen molar-refractivity contribution in [3.8, 4) is 34.9 Å². The number of aromatic nitrogens is 6. The molecule has 6 aromatic rings. The molecule has 136 heavy (non-hydrogen) atoms. The molecule has 4 aliphatic carbocycles. The maximum atomic E-state index is 14.1. The Bertz CT molecular complexity index is 5100. The first-order valence-electron chi connectivity index (χ1n) is 47.3. The van der Waals surface area contributed by atoms with Gasteiger partial charge in [-0.25, -0.2) is 57.5 Å². The molecule has 741 valence electrons. The second-order valence-corrected chi connectivity index (χ2v) is 41.8. The zero-order valence-electron chi connectivity index (χ0n) is 80.1. The summed E-state index contributed by atoms with van der Waals surface area (Å²) in [6, 6.07) is 11.2. The number of ether oxygens (including phenoxy) is 8. The minimum Gasteiger partial charge on any atom is -0.540 e. The van der Waals surface area contributed by atoms with Gasteiger partial charge in [0.2, 0.25) is 42.3 Å². The zero-order valence-corrected chi connectivity index (χ0v) is 84.3. The van der Waals surface area contributed by atoms with Crippen LogP contribution in [0.5, 0.6) is 34.9 Å². The summed E-state index contributed by atoms with van der Waals surface area (Å²) >= 11 is 0. The van der Waals surface area contributed by atoms with Gasteiger partial charge in [-0.15, -0.1) is 0 Å². The molecule has 6 bridgehead atoms. The van der Waals surface area contributed by atoms with Crippen LogP contribution in [-0.4, -0.2) is 198 Å². The monoisotopic (exact) mass is 2010 g/mol. The Labute approximate surface area is 827 Å².